The van der Waals surface area contributed by atoms with Gasteiger partial charge in [0.25, 0.3) is 0 Å². The minimum Gasteiger partial charge on any atom is -0.450 e. The molecule has 3 nitrogen and oxygen atoms in total. The zero-order chi connectivity index (χ0) is 12.6. The lowest BCUT2D eigenvalue weighted by Crippen LogP contribution is -1.95. The molecule has 14 heavy (non-hydrogen) atoms. The number of halogens is 6. The average Bonchev–Trinajstić information content (AvgIpc) is 1.45. The molecule has 88 valence electrons. The molecule has 0 bridgehead atoms. The Morgan fingerprint density at radius 1 is 0.857 bits per heavy atom. The van der Waals surface area contributed by atoms with Crippen LogP contribution in [0.3, 0.4) is 0 Å². The summed E-state index contributed by atoms with van der Waals surface area (Å²) in [4.78, 5) is 8.56. The van der Waals surface area contributed by atoms with Crippen LogP contribution in [0.25, 0.3) is 0 Å². The fraction of sp³-hybridized carbons (Fsp3) is 0.800. The van der Waals surface area contributed by atoms with Crippen molar-refractivity contribution in [1.82, 2.24) is 0 Å². The van der Waals surface area contributed by atoms with Crippen molar-refractivity contribution in [3.05, 3.63) is 0 Å². The second kappa shape index (κ2) is 7.27. The van der Waals surface area contributed by atoms with Gasteiger partial charge in [-0.15, -0.1) is 0 Å². The van der Waals surface area contributed by atoms with Gasteiger partial charge in [-0.2, -0.15) is 26.3 Å². The van der Waals surface area contributed by atoms with Crippen molar-refractivity contribution in [1.29, 1.82) is 0 Å². The molecule has 0 heterocycles. The molecular formula is C5H8F6O3. The van der Waals surface area contributed by atoms with Crippen LogP contribution in [-0.2, 0) is 0 Å². The third-order valence-corrected chi connectivity index (χ3v) is 0. The summed E-state index contributed by atoms with van der Waals surface area (Å²) >= 11 is 0. The van der Waals surface area contributed by atoms with Crippen LogP contribution in [0.1, 0.15) is 13.8 Å². The van der Waals surface area contributed by atoms with Crippen molar-refractivity contribution in [3.8, 4) is 0 Å². The van der Waals surface area contributed by atoms with E-state index in [1.165, 1.54) is 0 Å². The second-order valence-electron chi connectivity index (χ2n) is 1.85. The van der Waals surface area contributed by atoms with Crippen molar-refractivity contribution >= 4 is 6.16 Å². The van der Waals surface area contributed by atoms with Crippen molar-refractivity contribution in [3.63, 3.8) is 0 Å². The fourth-order valence-electron chi connectivity index (χ4n) is 0. The maximum atomic E-state index is 10.4. The molecule has 0 aliphatic heterocycles. The van der Waals surface area contributed by atoms with E-state index in [1.807, 2.05) is 0 Å². The first-order valence-electron chi connectivity index (χ1n) is 2.79. The quantitative estimate of drug-likeness (QED) is 0.627. The molecule has 0 fully saturated rings. The Morgan fingerprint density at radius 3 is 0.857 bits per heavy atom. The van der Waals surface area contributed by atoms with Gasteiger partial charge >= 0.3 is 18.5 Å². The number of carboxylic acid groups (broad SMARTS) is 2. The van der Waals surface area contributed by atoms with Crippen LogP contribution in [0.4, 0.5) is 31.1 Å². The van der Waals surface area contributed by atoms with Gasteiger partial charge in [-0.1, -0.05) is 0 Å². The molecule has 0 aliphatic rings. The molecule has 0 aromatic carbocycles. The summed E-state index contributed by atoms with van der Waals surface area (Å²) in [5.74, 6) is 0. The minimum atomic E-state index is -4.00. The van der Waals surface area contributed by atoms with Gasteiger partial charge < -0.3 is 10.2 Å². The van der Waals surface area contributed by atoms with E-state index in [-0.39, 0.29) is 13.8 Å². The molecule has 9 heteroatoms. The Morgan fingerprint density at radius 2 is 0.857 bits per heavy atom. The number of rotatable bonds is 0. The molecule has 0 saturated heterocycles. The number of carbonyl (C=O) groups is 1. The summed E-state index contributed by atoms with van der Waals surface area (Å²) < 4.78 is 62.1. The Bertz CT molecular complexity index is 121. The summed E-state index contributed by atoms with van der Waals surface area (Å²) in [5.41, 5.74) is 0. The maximum absolute atomic E-state index is 10.4. The largest absolute Gasteiger partial charge is 0.503 e. The van der Waals surface area contributed by atoms with Gasteiger partial charge in [-0.05, 0) is 0 Å². The Kier molecular flexibility index (Phi) is 9.66. The lowest BCUT2D eigenvalue weighted by molar-refractivity contribution is -0.111. The zero-order valence-corrected chi connectivity index (χ0v) is 7.07. The Balaban J connectivity index is -0.000000131. The predicted molar refractivity (Wildman–Crippen MR) is 34.1 cm³/mol. The summed E-state index contributed by atoms with van der Waals surface area (Å²) in [6.07, 6.45) is -9.83. The lowest BCUT2D eigenvalue weighted by atomic mass is 10.8. The van der Waals surface area contributed by atoms with E-state index < -0.39 is 18.5 Å². The van der Waals surface area contributed by atoms with Crippen LogP contribution in [0.5, 0.6) is 0 Å². The molecule has 0 atom stereocenters. The number of hydrogen-bond donors (Lipinski definition) is 2. The maximum Gasteiger partial charge on any atom is 0.503 e. The summed E-state index contributed by atoms with van der Waals surface area (Å²) in [7, 11) is 0. The smallest absolute Gasteiger partial charge is 0.450 e. The first-order chi connectivity index (χ1) is 5.73. The topological polar surface area (TPSA) is 57.5 Å². The van der Waals surface area contributed by atoms with Gasteiger partial charge in [0.15, 0.2) is 0 Å². The van der Waals surface area contributed by atoms with Gasteiger partial charge in [0, 0.05) is 13.8 Å². The van der Waals surface area contributed by atoms with Gasteiger partial charge in [-0.3, -0.25) is 0 Å². The van der Waals surface area contributed by atoms with Crippen molar-refractivity contribution in [2.75, 3.05) is 0 Å². The highest BCUT2D eigenvalue weighted by Gasteiger charge is 2.16. The molecule has 0 amide bonds. The van der Waals surface area contributed by atoms with Gasteiger partial charge in [0.1, 0.15) is 0 Å². The zero-order valence-electron chi connectivity index (χ0n) is 7.07. The lowest BCUT2D eigenvalue weighted by Gasteiger charge is -1.88. The van der Waals surface area contributed by atoms with Crippen molar-refractivity contribution in [2.45, 2.75) is 26.2 Å². The molecule has 0 saturated carbocycles. The minimum absolute atomic E-state index is 0.188. The molecule has 0 spiro atoms. The van der Waals surface area contributed by atoms with E-state index in [0.29, 0.717) is 0 Å². The van der Waals surface area contributed by atoms with Crippen LogP contribution in [0.15, 0.2) is 0 Å². The molecule has 2 N–H and O–H groups in total. The molecule has 0 radical (unpaired) electrons. The molecule has 0 aromatic rings. The predicted octanol–water partition coefficient (Wildman–Crippen LogP) is 3.36. The Labute approximate surface area is 75.0 Å². The highest BCUT2D eigenvalue weighted by atomic mass is 19.4. The van der Waals surface area contributed by atoms with Crippen LogP contribution >= 0.6 is 0 Å². The third kappa shape index (κ3) is 796. The van der Waals surface area contributed by atoms with Gasteiger partial charge in [-0.25, -0.2) is 4.79 Å². The molecule has 0 rings (SSSR count). The molecular weight excluding hydrogens is 222 g/mol. The monoisotopic (exact) mass is 230 g/mol. The molecule has 0 aromatic heterocycles. The standard InChI is InChI=1S/2C2H3F3.CH2O3/c2*1-2(3,4)5;2-1(3)4/h2*1H3;(H2,2,3,4). The number of hydrogen-bond acceptors (Lipinski definition) is 1. The average molecular weight is 230 g/mol. The molecule has 0 aliphatic carbocycles. The fourth-order valence-corrected chi connectivity index (χ4v) is 0. The van der Waals surface area contributed by atoms with Crippen LogP contribution in [0.2, 0.25) is 0 Å². The first kappa shape index (κ1) is 18.6. The summed E-state index contributed by atoms with van der Waals surface area (Å²) in [6.45, 7) is 0.375. The van der Waals surface area contributed by atoms with Crippen LogP contribution in [-0.4, -0.2) is 28.7 Å². The van der Waals surface area contributed by atoms with E-state index in [9.17, 15) is 26.3 Å². The summed E-state index contributed by atoms with van der Waals surface area (Å²) in [5, 5.41) is 13.9. The first-order valence-corrected chi connectivity index (χ1v) is 2.79. The van der Waals surface area contributed by atoms with Gasteiger partial charge in [0.2, 0.25) is 0 Å². The SMILES string of the molecule is CC(F)(F)F.CC(F)(F)F.O=C(O)O. The highest BCUT2D eigenvalue weighted by molar-refractivity contribution is 5.53. The van der Waals surface area contributed by atoms with Crippen LogP contribution in [0, 0.1) is 0 Å². The van der Waals surface area contributed by atoms with E-state index in [0.717, 1.165) is 0 Å². The van der Waals surface area contributed by atoms with E-state index in [2.05, 4.69) is 0 Å². The normalized spacial score (nSPS) is 10.3. The highest BCUT2D eigenvalue weighted by Crippen LogP contribution is 2.10. The Hall–Kier alpha value is -1.15. The van der Waals surface area contributed by atoms with E-state index in [4.69, 9.17) is 15.0 Å². The molecule has 0 unspecified atom stereocenters. The van der Waals surface area contributed by atoms with Crippen LogP contribution < -0.4 is 0 Å². The van der Waals surface area contributed by atoms with Gasteiger partial charge in [0.05, 0.1) is 0 Å². The van der Waals surface area contributed by atoms with E-state index >= 15 is 0 Å². The second-order valence-corrected chi connectivity index (χ2v) is 1.85. The van der Waals surface area contributed by atoms with Crippen molar-refractivity contribution in [2.24, 2.45) is 0 Å². The van der Waals surface area contributed by atoms with E-state index in [1.54, 1.807) is 0 Å². The summed E-state index contributed by atoms with van der Waals surface area (Å²) in [6, 6.07) is 0. The third-order valence-electron chi connectivity index (χ3n) is 0. The van der Waals surface area contributed by atoms with Crippen molar-refractivity contribution < 1.29 is 41.4 Å². The number of alkyl halides is 6.